The van der Waals surface area contributed by atoms with Gasteiger partial charge in [-0.3, -0.25) is 4.79 Å². The average Bonchev–Trinajstić information content (AvgIpc) is 2.75. The Balaban J connectivity index is 1.66. The van der Waals surface area contributed by atoms with Crippen molar-refractivity contribution >= 4 is 21.8 Å². The molecule has 0 atom stereocenters. The molecule has 5 nitrogen and oxygen atoms in total. The fourth-order valence-corrected chi connectivity index (χ4v) is 3.01. The number of halogens is 1. The summed E-state index contributed by atoms with van der Waals surface area (Å²) in [6, 6.07) is 2.14. The van der Waals surface area contributed by atoms with Crippen LogP contribution in [0.25, 0.3) is 0 Å². The molecule has 0 saturated heterocycles. The van der Waals surface area contributed by atoms with Crippen LogP contribution in [0.3, 0.4) is 0 Å². The van der Waals surface area contributed by atoms with Crippen molar-refractivity contribution in [2.75, 3.05) is 13.2 Å². The molecule has 0 aliphatic heterocycles. The van der Waals surface area contributed by atoms with Crippen molar-refractivity contribution in [3.63, 3.8) is 0 Å². The monoisotopic (exact) mass is 343 g/mol. The van der Waals surface area contributed by atoms with Crippen molar-refractivity contribution in [2.24, 2.45) is 12.8 Å². The molecule has 0 spiro atoms. The molecule has 0 radical (unpaired) electrons. The molecule has 1 aromatic heterocycles. The number of ether oxygens (including phenoxy) is 1. The number of hydrogen-bond acceptors (Lipinski definition) is 3. The lowest BCUT2D eigenvalue weighted by Crippen LogP contribution is -2.33. The zero-order valence-electron chi connectivity index (χ0n) is 11.8. The number of aromatic nitrogens is 1. The van der Waals surface area contributed by atoms with Crippen LogP contribution in [0.4, 0.5) is 0 Å². The summed E-state index contributed by atoms with van der Waals surface area (Å²) in [5, 5.41) is 2.87. The highest BCUT2D eigenvalue weighted by Gasteiger charge is 2.18. The first-order valence-corrected chi connectivity index (χ1v) is 7.83. The number of hydrogen-bond donors (Lipinski definition) is 2. The van der Waals surface area contributed by atoms with Crippen LogP contribution in [0.15, 0.2) is 16.7 Å². The topological polar surface area (TPSA) is 69.3 Å². The van der Waals surface area contributed by atoms with Crippen molar-refractivity contribution in [3.8, 4) is 0 Å². The molecule has 20 heavy (non-hydrogen) atoms. The third-order valence-corrected chi connectivity index (χ3v) is 4.10. The summed E-state index contributed by atoms with van der Waals surface area (Å²) >= 11 is 3.35. The van der Waals surface area contributed by atoms with Crippen LogP contribution in [0.5, 0.6) is 0 Å². The zero-order chi connectivity index (χ0) is 14.5. The number of nitrogens with one attached hydrogen (secondary N) is 1. The quantitative estimate of drug-likeness (QED) is 0.801. The van der Waals surface area contributed by atoms with Gasteiger partial charge in [-0.15, -0.1) is 0 Å². The van der Waals surface area contributed by atoms with Crippen LogP contribution in [0, 0.1) is 0 Å². The molecule has 0 bridgehead atoms. The van der Waals surface area contributed by atoms with Gasteiger partial charge in [-0.05, 0) is 47.7 Å². The maximum atomic E-state index is 11.9. The first-order chi connectivity index (χ1) is 9.56. The summed E-state index contributed by atoms with van der Waals surface area (Å²) in [6.45, 7) is 1.08. The predicted octanol–water partition coefficient (Wildman–Crippen LogP) is 1.80. The molecule has 3 N–H and O–H groups in total. The van der Waals surface area contributed by atoms with Crippen LogP contribution in [-0.4, -0.2) is 35.8 Å². The van der Waals surface area contributed by atoms with Crippen molar-refractivity contribution in [1.29, 1.82) is 0 Å². The van der Waals surface area contributed by atoms with E-state index >= 15 is 0 Å². The number of aryl methyl sites for hydroxylation is 1. The Morgan fingerprint density at radius 2 is 2.20 bits per heavy atom. The van der Waals surface area contributed by atoms with Gasteiger partial charge >= 0.3 is 0 Å². The normalized spacial score (nSPS) is 22.8. The second kappa shape index (κ2) is 7.24. The van der Waals surface area contributed by atoms with E-state index in [2.05, 4.69) is 21.2 Å². The number of amides is 1. The van der Waals surface area contributed by atoms with Crippen molar-refractivity contribution in [2.45, 2.75) is 37.8 Å². The smallest absolute Gasteiger partial charge is 0.268 e. The molecule has 2 rings (SSSR count). The van der Waals surface area contributed by atoms with Gasteiger partial charge in [0.2, 0.25) is 0 Å². The van der Waals surface area contributed by atoms with E-state index in [1.54, 1.807) is 10.6 Å². The van der Waals surface area contributed by atoms with E-state index in [9.17, 15) is 4.79 Å². The highest BCUT2D eigenvalue weighted by molar-refractivity contribution is 9.10. The summed E-state index contributed by atoms with van der Waals surface area (Å²) in [4.78, 5) is 11.9. The molecule has 1 aliphatic carbocycles. The molecule has 6 heteroatoms. The SMILES string of the molecule is Cn1cc(Br)cc1C(=O)NCCOC1CCC(N)CC1. The lowest BCUT2D eigenvalue weighted by atomic mass is 9.94. The molecule has 0 unspecified atom stereocenters. The Kier molecular flexibility index (Phi) is 5.63. The summed E-state index contributed by atoms with van der Waals surface area (Å²) in [5.41, 5.74) is 6.49. The molecule has 0 aromatic carbocycles. The predicted molar refractivity (Wildman–Crippen MR) is 81.6 cm³/mol. The fourth-order valence-electron chi connectivity index (χ4n) is 2.49. The van der Waals surface area contributed by atoms with Crippen LogP contribution >= 0.6 is 15.9 Å². The lowest BCUT2D eigenvalue weighted by Gasteiger charge is -2.26. The molecular formula is C14H22BrN3O2. The Hall–Kier alpha value is -0.850. The van der Waals surface area contributed by atoms with E-state index < -0.39 is 0 Å². The highest BCUT2D eigenvalue weighted by atomic mass is 79.9. The lowest BCUT2D eigenvalue weighted by molar-refractivity contribution is 0.0267. The molecule has 1 aromatic rings. The summed E-state index contributed by atoms with van der Waals surface area (Å²) < 4.78 is 8.46. The van der Waals surface area contributed by atoms with Crippen LogP contribution in [0.1, 0.15) is 36.2 Å². The second-order valence-corrected chi connectivity index (χ2v) is 6.23. The Morgan fingerprint density at radius 1 is 1.50 bits per heavy atom. The Bertz CT molecular complexity index is 453. The van der Waals surface area contributed by atoms with Gasteiger partial charge in [0.15, 0.2) is 0 Å². The first-order valence-electron chi connectivity index (χ1n) is 7.03. The summed E-state index contributed by atoms with van der Waals surface area (Å²) in [5.74, 6) is -0.0764. The second-order valence-electron chi connectivity index (χ2n) is 5.32. The van der Waals surface area contributed by atoms with E-state index in [1.165, 1.54) is 0 Å². The Morgan fingerprint density at radius 3 is 2.80 bits per heavy atom. The largest absolute Gasteiger partial charge is 0.376 e. The maximum Gasteiger partial charge on any atom is 0.268 e. The van der Waals surface area contributed by atoms with E-state index in [0.29, 0.717) is 31.0 Å². The number of carbonyl (C=O) groups is 1. The molecule has 1 amide bonds. The maximum absolute atomic E-state index is 11.9. The Labute approximate surface area is 128 Å². The van der Waals surface area contributed by atoms with Gasteiger partial charge in [0.1, 0.15) is 5.69 Å². The zero-order valence-corrected chi connectivity index (χ0v) is 13.4. The summed E-state index contributed by atoms with van der Waals surface area (Å²) in [7, 11) is 1.85. The minimum absolute atomic E-state index is 0.0764. The standard InChI is InChI=1S/C14H22BrN3O2/c1-18-9-10(15)8-13(18)14(19)17-6-7-20-12-4-2-11(16)3-5-12/h8-9,11-12H,2-7,16H2,1H3,(H,17,19). The van der Waals surface area contributed by atoms with Crippen molar-refractivity contribution in [3.05, 3.63) is 22.4 Å². The highest BCUT2D eigenvalue weighted by Crippen LogP contribution is 2.19. The molecule has 1 fully saturated rings. The third kappa shape index (κ3) is 4.33. The van der Waals surface area contributed by atoms with Gasteiger partial charge < -0.3 is 20.4 Å². The number of nitrogens with zero attached hydrogens (tertiary/aromatic N) is 1. The minimum Gasteiger partial charge on any atom is -0.376 e. The average molecular weight is 344 g/mol. The van der Waals surface area contributed by atoms with E-state index in [4.69, 9.17) is 10.5 Å². The molecule has 1 aliphatic rings. The molecule has 112 valence electrons. The van der Waals surface area contributed by atoms with Crippen LogP contribution in [-0.2, 0) is 11.8 Å². The van der Waals surface area contributed by atoms with E-state index in [1.807, 2.05) is 13.2 Å². The molecular weight excluding hydrogens is 322 g/mol. The molecule has 1 heterocycles. The van der Waals surface area contributed by atoms with Crippen LogP contribution in [0.2, 0.25) is 0 Å². The van der Waals surface area contributed by atoms with Gasteiger partial charge in [0, 0.05) is 30.3 Å². The van der Waals surface area contributed by atoms with Gasteiger partial charge in [0.25, 0.3) is 5.91 Å². The van der Waals surface area contributed by atoms with Gasteiger partial charge in [-0.25, -0.2) is 0 Å². The third-order valence-electron chi connectivity index (χ3n) is 3.66. The summed E-state index contributed by atoms with van der Waals surface area (Å²) in [6.07, 6.45) is 6.29. The van der Waals surface area contributed by atoms with Crippen LogP contribution < -0.4 is 11.1 Å². The van der Waals surface area contributed by atoms with Gasteiger partial charge in [-0.1, -0.05) is 0 Å². The number of carbonyl (C=O) groups excluding carboxylic acids is 1. The van der Waals surface area contributed by atoms with E-state index in [-0.39, 0.29) is 5.91 Å². The first kappa shape index (κ1) is 15.5. The van der Waals surface area contributed by atoms with Gasteiger partial charge in [0.05, 0.1) is 12.7 Å². The van der Waals surface area contributed by atoms with Gasteiger partial charge in [-0.2, -0.15) is 0 Å². The fraction of sp³-hybridized carbons (Fsp3) is 0.643. The van der Waals surface area contributed by atoms with E-state index in [0.717, 1.165) is 30.2 Å². The molecule has 1 saturated carbocycles. The minimum atomic E-state index is -0.0764. The number of rotatable bonds is 5. The number of nitrogens with two attached hydrogens (primary N) is 1. The van der Waals surface area contributed by atoms with Crippen molar-refractivity contribution < 1.29 is 9.53 Å². The van der Waals surface area contributed by atoms with Crippen molar-refractivity contribution in [1.82, 2.24) is 9.88 Å².